The van der Waals surface area contributed by atoms with E-state index < -0.39 is 26.7 Å². The number of aromatic nitrogens is 1. The van der Waals surface area contributed by atoms with E-state index in [-0.39, 0.29) is 33.9 Å². The van der Waals surface area contributed by atoms with Gasteiger partial charge in [-0.15, -0.1) is 0 Å². The van der Waals surface area contributed by atoms with E-state index in [0.717, 1.165) is 29.2 Å². The van der Waals surface area contributed by atoms with E-state index in [1.807, 2.05) is 0 Å². The number of hydrogen-bond donors (Lipinski definition) is 0. The first kappa shape index (κ1) is 28.4. The average molecular weight is 598 g/mol. The first-order valence-corrected chi connectivity index (χ1v) is 14.7. The lowest BCUT2D eigenvalue weighted by molar-refractivity contribution is -0.384. The minimum Gasteiger partial charge on any atom is -0.377 e. The fourth-order valence-electron chi connectivity index (χ4n) is 4.22. The van der Waals surface area contributed by atoms with Crippen LogP contribution in [0.1, 0.15) is 28.8 Å². The first-order valence-electron chi connectivity index (χ1n) is 12.5. The van der Waals surface area contributed by atoms with Crippen molar-refractivity contribution in [1.29, 1.82) is 0 Å². The number of sulfonamides is 1. The lowest BCUT2D eigenvalue weighted by Crippen LogP contribution is -2.34. The number of rotatable bonds is 9. The molecule has 5 rings (SSSR count). The van der Waals surface area contributed by atoms with Crippen LogP contribution in [-0.4, -0.2) is 61.1 Å². The van der Waals surface area contributed by atoms with Crippen molar-refractivity contribution in [1.82, 2.24) is 9.29 Å². The van der Waals surface area contributed by atoms with Gasteiger partial charge in [0, 0.05) is 37.9 Å². The Hall–Kier alpha value is -4.11. The maximum Gasteiger partial charge on any atom is 0.280 e. The summed E-state index contributed by atoms with van der Waals surface area (Å²) in [6.07, 6.45) is 2.87. The Morgan fingerprint density at radius 3 is 2.59 bits per heavy atom. The number of non-ortho nitro benzene ring substituents is 1. The second-order valence-corrected chi connectivity index (χ2v) is 12.3. The Kier molecular flexibility index (Phi) is 8.17. The summed E-state index contributed by atoms with van der Waals surface area (Å²) in [7, 11) is -2.33. The molecule has 1 unspecified atom stereocenters. The molecule has 212 valence electrons. The Labute approximate surface area is 238 Å². The van der Waals surface area contributed by atoms with Gasteiger partial charge < -0.3 is 4.74 Å². The van der Waals surface area contributed by atoms with Gasteiger partial charge in [-0.1, -0.05) is 11.3 Å². The normalized spacial score (nSPS) is 15.6. The SMILES string of the molecule is CN(CC1CCCO1)S(=O)(=O)c1ccc(C(=O)N(/N=C/c2ccc([N+](=O)[O-])cc2)c2nc3ccc(F)cc3s2)cc1. The zero-order chi connectivity index (χ0) is 29.1. The lowest BCUT2D eigenvalue weighted by Gasteiger charge is -2.20. The number of hydrazone groups is 1. The molecule has 1 amide bonds. The molecule has 0 aliphatic carbocycles. The summed E-state index contributed by atoms with van der Waals surface area (Å²) in [5.41, 5.74) is 0.985. The number of nitro benzene ring substituents is 1. The molecule has 11 nitrogen and oxygen atoms in total. The van der Waals surface area contributed by atoms with Crippen molar-refractivity contribution < 1.29 is 27.3 Å². The number of nitro groups is 1. The monoisotopic (exact) mass is 597 g/mol. The summed E-state index contributed by atoms with van der Waals surface area (Å²) in [6, 6.07) is 15.1. The molecule has 1 atom stereocenters. The highest BCUT2D eigenvalue weighted by Gasteiger charge is 2.27. The van der Waals surface area contributed by atoms with E-state index in [1.54, 1.807) is 0 Å². The van der Waals surface area contributed by atoms with Crippen LogP contribution in [0.15, 0.2) is 76.7 Å². The van der Waals surface area contributed by atoms with Gasteiger partial charge in [0.15, 0.2) is 0 Å². The predicted molar refractivity (Wildman–Crippen MR) is 152 cm³/mol. The number of hydrogen-bond acceptors (Lipinski definition) is 9. The molecule has 0 N–H and O–H groups in total. The molecule has 41 heavy (non-hydrogen) atoms. The average Bonchev–Trinajstić information content (AvgIpc) is 3.63. The Morgan fingerprint density at radius 2 is 1.93 bits per heavy atom. The topological polar surface area (TPSA) is 135 Å². The van der Waals surface area contributed by atoms with Gasteiger partial charge in [-0.05, 0) is 73.0 Å². The smallest absolute Gasteiger partial charge is 0.280 e. The van der Waals surface area contributed by atoms with Crippen LogP contribution in [0.3, 0.4) is 0 Å². The zero-order valence-electron chi connectivity index (χ0n) is 21.7. The molecule has 1 saturated heterocycles. The van der Waals surface area contributed by atoms with Crippen LogP contribution in [0.5, 0.6) is 0 Å². The summed E-state index contributed by atoms with van der Waals surface area (Å²) in [5.74, 6) is -1.07. The predicted octanol–water partition coefficient (Wildman–Crippen LogP) is 4.82. The van der Waals surface area contributed by atoms with Crippen molar-refractivity contribution in [2.75, 3.05) is 25.2 Å². The standard InChI is InChI=1S/C27H24FN5O6S2/c1-31(17-22-3-2-14-39-22)41(37,38)23-11-6-19(7-12-23)26(34)32(27-30-24-13-8-20(28)15-25(24)40-27)29-16-18-4-9-21(10-5-18)33(35)36/h4-13,15-16,22H,2-3,14,17H2,1H3/b29-16+. The van der Waals surface area contributed by atoms with E-state index in [1.165, 1.54) is 84.3 Å². The maximum absolute atomic E-state index is 13.8. The van der Waals surface area contributed by atoms with E-state index in [0.29, 0.717) is 22.4 Å². The highest BCUT2D eigenvalue weighted by atomic mass is 32.2. The van der Waals surface area contributed by atoms with E-state index in [9.17, 15) is 27.7 Å². The first-order chi connectivity index (χ1) is 19.6. The highest BCUT2D eigenvalue weighted by molar-refractivity contribution is 7.89. The highest BCUT2D eigenvalue weighted by Crippen LogP contribution is 2.31. The maximum atomic E-state index is 13.8. The number of benzene rings is 3. The number of carbonyl (C=O) groups is 1. The minimum atomic E-state index is -3.81. The van der Waals surface area contributed by atoms with Gasteiger partial charge in [0.1, 0.15) is 5.82 Å². The molecule has 1 aromatic heterocycles. The van der Waals surface area contributed by atoms with Gasteiger partial charge >= 0.3 is 0 Å². The largest absolute Gasteiger partial charge is 0.377 e. The second kappa shape index (κ2) is 11.8. The van der Waals surface area contributed by atoms with Gasteiger partial charge in [-0.2, -0.15) is 14.4 Å². The molecule has 0 bridgehead atoms. The van der Waals surface area contributed by atoms with Crippen molar-refractivity contribution in [2.24, 2.45) is 5.10 Å². The number of thiazole rings is 1. The lowest BCUT2D eigenvalue weighted by atomic mass is 10.2. The van der Waals surface area contributed by atoms with Gasteiger partial charge in [0.25, 0.3) is 11.6 Å². The van der Waals surface area contributed by atoms with E-state index in [4.69, 9.17) is 4.74 Å². The van der Waals surface area contributed by atoms with Crippen LogP contribution in [0, 0.1) is 15.9 Å². The molecular formula is C27H24FN5O6S2. The second-order valence-electron chi connectivity index (χ2n) is 9.26. The van der Waals surface area contributed by atoms with E-state index >= 15 is 0 Å². The van der Waals surface area contributed by atoms with Crippen LogP contribution in [-0.2, 0) is 14.8 Å². The van der Waals surface area contributed by atoms with Gasteiger partial charge in [0.2, 0.25) is 15.2 Å². The molecule has 1 fully saturated rings. The molecule has 0 spiro atoms. The summed E-state index contributed by atoms with van der Waals surface area (Å²) < 4.78 is 47.2. The quantitative estimate of drug-likeness (QED) is 0.153. The molecule has 14 heteroatoms. The Morgan fingerprint density at radius 1 is 1.20 bits per heavy atom. The number of nitrogens with zero attached hydrogens (tertiary/aromatic N) is 5. The van der Waals surface area contributed by atoms with Crippen molar-refractivity contribution in [3.05, 3.63) is 93.8 Å². The fourth-order valence-corrected chi connectivity index (χ4v) is 6.37. The number of carbonyl (C=O) groups excluding carboxylic acids is 1. The molecule has 3 aromatic carbocycles. The molecule has 0 radical (unpaired) electrons. The van der Waals surface area contributed by atoms with Crippen molar-refractivity contribution in [2.45, 2.75) is 23.8 Å². The number of ether oxygens (including phenoxy) is 1. The van der Waals surface area contributed by atoms with Crippen molar-refractivity contribution in [3.63, 3.8) is 0 Å². The number of halogens is 1. The summed E-state index contributed by atoms with van der Waals surface area (Å²) in [4.78, 5) is 28.5. The van der Waals surface area contributed by atoms with Crippen LogP contribution >= 0.6 is 11.3 Å². The molecular weight excluding hydrogens is 573 g/mol. The Balaban J connectivity index is 1.43. The van der Waals surface area contributed by atoms with Crippen LogP contribution in [0.25, 0.3) is 10.2 Å². The van der Waals surface area contributed by atoms with Crippen LogP contribution in [0.4, 0.5) is 15.2 Å². The third-order valence-corrected chi connectivity index (χ3v) is 9.26. The van der Waals surface area contributed by atoms with Crippen LogP contribution < -0.4 is 5.01 Å². The van der Waals surface area contributed by atoms with Crippen molar-refractivity contribution >= 4 is 54.5 Å². The minimum absolute atomic E-state index is 0.0194. The van der Waals surface area contributed by atoms with Crippen molar-refractivity contribution in [3.8, 4) is 0 Å². The molecule has 1 aliphatic rings. The summed E-state index contributed by atoms with van der Waals surface area (Å²) >= 11 is 1.05. The number of amides is 1. The van der Waals surface area contributed by atoms with Gasteiger partial charge in [0.05, 0.1) is 32.4 Å². The summed E-state index contributed by atoms with van der Waals surface area (Å²) in [6.45, 7) is 0.842. The van der Waals surface area contributed by atoms with Crippen LogP contribution in [0.2, 0.25) is 0 Å². The van der Waals surface area contributed by atoms with Gasteiger partial charge in [-0.3, -0.25) is 14.9 Å². The molecule has 2 heterocycles. The molecule has 1 aliphatic heterocycles. The molecule has 0 saturated carbocycles. The number of anilines is 1. The third kappa shape index (κ3) is 6.30. The third-order valence-electron chi connectivity index (χ3n) is 6.43. The number of fused-ring (bicyclic) bond motifs is 1. The number of likely N-dealkylation sites (N-methyl/N-ethyl adjacent to an activating group) is 1. The Bertz CT molecular complexity index is 1720. The fraction of sp³-hybridized carbons (Fsp3) is 0.222. The molecule has 4 aromatic rings. The summed E-state index contributed by atoms with van der Waals surface area (Å²) in [5, 5.41) is 16.4. The van der Waals surface area contributed by atoms with E-state index in [2.05, 4.69) is 10.1 Å². The van der Waals surface area contributed by atoms with Gasteiger partial charge in [-0.25, -0.2) is 17.8 Å². The zero-order valence-corrected chi connectivity index (χ0v) is 23.3.